The van der Waals surface area contributed by atoms with Gasteiger partial charge < -0.3 is 5.32 Å². The van der Waals surface area contributed by atoms with Crippen LogP contribution in [0.2, 0.25) is 0 Å². The average molecular weight is 188 g/mol. The van der Waals surface area contributed by atoms with Crippen LogP contribution in [0.4, 0.5) is 5.69 Å². The average Bonchev–Trinajstić information content (AvgIpc) is 2.48. The van der Waals surface area contributed by atoms with E-state index in [4.69, 9.17) is 0 Å². The van der Waals surface area contributed by atoms with Gasteiger partial charge in [-0.15, -0.1) is 0 Å². The Labute approximate surface area is 86.5 Å². The second kappa shape index (κ2) is 5.04. The second-order valence-corrected chi connectivity index (χ2v) is 4.12. The number of hydrogen-bond donors (Lipinski definition) is 1. The molecule has 1 N–H and O–H groups in total. The van der Waals surface area contributed by atoms with Gasteiger partial charge in [0.25, 0.3) is 0 Å². The molecule has 0 atom stereocenters. The molecule has 2 rings (SSSR count). The highest BCUT2D eigenvalue weighted by Crippen LogP contribution is 2.20. The fraction of sp³-hybridized carbons (Fsp3) is 0.538. The van der Waals surface area contributed by atoms with E-state index in [1.807, 2.05) is 12.1 Å². The van der Waals surface area contributed by atoms with Crippen LogP contribution in [0.5, 0.6) is 0 Å². The summed E-state index contributed by atoms with van der Waals surface area (Å²) in [6.45, 7) is 0. The van der Waals surface area contributed by atoms with Gasteiger partial charge >= 0.3 is 0 Å². The number of anilines is 1. The van der Waals surface area contributed by atoms with Gasteiger partial charge in [-0.05, 0) is 31.0 Å². The Morgan fingerprint density at radius 3 is 2.29 bits per heavy atom. The Kier molecular flexibility index (Phi) is 3.44. The molecule has 1 aliphatic carbocycles. The lowest BCUT2D eigenvalue weighted by molar-refractivity contribution is 0.620. The fourth-order valence-electron chi connectivity index (χ4n) is 2.14. The maximum Gasteiger partial charge on any atom is 0.0342 e. The highest BCUT2D eigenvalue weighted by Gasteiger charge is 2.11. The van der Waals surface area contributed by atoms with Crippen LogP contribution in [0.25, 0.3) is 0 Å². The Bertz CT molecular complexity index is 247. The zero-order chi connectivity index (χ0) is 9.64. The maximum absolute atomic E-state index is 3.60. The molecule has 1 heteroatoms. The van der Waals surface area contributed by atoms with Gasteiger partial charge in [-0.25, -0.2) is 0 Å². The first-order valence-electron chi connectivity index (χ1n) is 5.68. The highest BCUT2D eigenvalue weighted by atomic mass is 14.9. The van der Waals surface area contributed by atoms with E-state index in [-0.39, 0.29) is 0 Å². The van der Waals surface area contributed by atoms with Crippen LogP contribution >= 0.6 is 0 Å². The minimum Gasteiger partial charge on any atom is -0.382 e. The molecule has 0 heterocycles. The maximum atomic E-state index is 3.60. The molecular weight excluding hydrogens is 170 g/mol. The molecule has 1 aromatic rings. The number of rotatable bonds is 2. The van der Waals surface area contributed by atoms with Gasteiger partial charge in [0.1, 0.15) is 0 Å². The Balaban J connectivity index is 1.90. The molecule has 0 aromatic heterocycles. The Morgan fingerprint density at radius 1 is 1.00 bits per heavy atom. The van der Waals surface area contributed by atoms with Gasteiger partial charge in [0.05, 0.1) is 0 Å². The molecule has 1 nitrogen and oxygen atoms in total. The predicted octanol–water partition coefficient (Wildman–Crippen LogP) is 3.62. The molecule has 14 heavy (non-hydrogen) atoms. The largest absolute Gasteiger partial charge is 0.382 e. The lowest BCUT2D eigenvalue weighted by atomic mass is 10.1. The van der Waals surface area contributed by atoms with Crippen LogP contribution < -0.4 is 5.32 Å². The summed E-state index contributed by atoms with van der Waals surface area (Å²) >= 11 is 0. The summed E-state index contributed by atoms with van der Waals surface area (Å²) in [5, 5.41) is 3.60. The van der Waals surface area contributed by atoms with E-state index >= 15 is 0 Å². The summed E-state index contributed by atoms with van der Waals surface area (Å²) < 4.78 is 0. The molecule has 1 saturated carbocycles. The van der Waals surface area contributed by atoms with Crippen molar-refractivity contribution in [3.63, 3.8) is 0 Å². The smallest absolute Gasteiger partial charge is 0.0342 e. The van der Waals surface area contributed by atoms with Crippen molar-refractivity contribution in [2.45, 2.75) is 44.6 Å². The topological polar surface area (TPSA) is 12.0 Å². The van der Waals surface area contributed by atoms with Crippen LogP contribution in [0.1, 0.15) is 38.5 Å². The minimum atomic E-state index is 0.694. The monoisotopic (exact) mass is 188 g/mol. The molecule has 1 radical (unpaired) electrons. The van der Waals surface area contributed by atoms with Crippen molar-refractivity contribution in [1.29, 1.82) is 0 Å². The van der Waals surface area contributed by atoms with Crippen LogP contribution in [0.15, 0.2) is 24.3 Å². The standard InChI is InChI=1S/C13H18N/c1-2-5-9-12(8-4-1)14-13-10-6-3-7-11-13/h6-7,10-12,14H,1-2,4-5,8-9H2. The molecule has 0 bridgehead atoms. The highest BCUT2D eigenvalue weighted by molar-refractivity contribution is 5.43. The van der Waals surface area contributed by atoms with Crippen molar-refractivity contribution in [3.05, 3.63) is 30.3 Å². The van der Waals surface area contributed by atoms with Gasteiger partial charge in [-0.3, -0.25) is 0 Å². The van der Waals surface area contributed by atoms with Crippen molar-refractivity contribution < 1.29 is 0 Å². The lowest BCUT2D eigenvalue weighted by Crippen LogP contribution is -2.17. The van der Waals surface area contributed by atoms with Gasteiger partial charge in [0.15, 0.2) is 0 Å². The van der Waals surface area contributed by atoms with E-state index in [1.165, 1.54) is 44.2 Å². The number of nitrogens with one attached hydrogen (secondary N) is 1. The third kappa shape index (κ3) is 2.76. The van der Waals surface area contributed by atoms with Crippen molar-refractivity contribution in [2.24, 2.45) is 0 Å². The van der Waals surface area contributed by atoms with Crippen LogP contribution in [-0.2, 0) is 0 Å². The van der Waals surface area contributed by atoms with Crippen molar-refractivity contribution >= 4 is 5.69 Å². The number of hydrogen-bond acceptors (Lipinski definition) is 1. The van der Waals surface area contributed by atoms with Gasteiger partial charge in [0, 0.05) is 11.7 Å². The summed E-state index contributed by atoms with van der Waals surface area (Å²) in [7, 11) is 0. The first-order valence-corrected chi connectivity index (χ1v) is 5.68. The molecule has 0 aliphatic heterocycles. The molecule has 0 amide bonds. The lowest BCUT2D eigenvalue weighted by Gasteiger charge is -2.17. The minimum absolute atomic E-state index is 0.694. The zero-order valence-corrected chi connectivity index (χ0v) is 8.63. The van der Waals surface area contributed by atoms with Crippen LogP contribution in [-0.4, -0.2) is 6.04 Å². The number of benzene rings is 1. The quantitative estimate of drug-likeness (QED) is 0.699. The molecule has 0 spiro atoms. The van der Waals surface area contributed by atoms with Gasteiger partial charge in [0.2, 0.25) is 0 Å². The molecular formula is C13H18N. The van der Waals surface area contributed by atoms with E-state index in [9.17, 15) is 0 Å². The SMILES string of the molecule is [c]1ccc(NC2CCCCCC2)cc1. The summed E-state index contributed by atoms with van der Waals surface area (Å²) in [6.07, 6.45) is 8.27. The second-order valence-electron chi connectivity index (χ2n) is 4.12. The van der Waals surface area contributed by atoms with E-state index in [2.05, 4.69) is 23.5 Å². The van der Waals surface area contributed by atoms with Crippen molar-refractivity contribution in [1.82, 2.24) is 0 Å². The van der Waals surface area contributed by atoms with E-state index < -0.39 is 0 Å². The molecule has 1 aromatic carbocycles. The summed E-state index contributed by atoms with van der Waals surface area (Å²) in [6, 6.07) is 11.9. The third-order valence-electron chi connectivity index (χ3n) is 2.94. The molecule has 1 fully saturated rings. The normalized spacial score (nSPS) is 18.9. The van der Waals surface area contributed by atoms with Crippen LogP contribution in [0, 0.1) is 6.07 Å². The van der Waals surface area contributed by atoms with E-state index in [0.29, 0.717) is 6.04 Å². The molecule has 1 aliphatic rings. The first kappa shape index (κ1) is 9.57. The van der Waals surface area contributed by atoms with Crippen LogP contribution in [0.3, 0.4) is 0 Å². The Hall–Kier alpha value is -0.980. The fourth-order valence-corrected chi connectivity index (χ4v) is 2.14. The summed E-state index contributed by atoms with van der Waals surface area (Å²) in [5.74, 6) is 0. The Morgan fingerprint density at radius 2 is 1.64 bits per heavy atom. The van der Waals surface area contributed by atoms with Crippen molar-refractivity contribution in [2.75, 3.05) is 5.32 Å². The summed E-state index contributed by atoms with van der Waals surface area (Å²) in [4.78, 5) is 0. The third-order valence-corrected chi connectivity index (χ3v) is 2.94. The predicted molar refractivity (Wildman–Crippen MR) is 60.4 cm³/mol. The first-order chi connectivity index (χ1) is 6.95. The van der Waals surface area contributed by atoms with Gasteiger partial charge in [-0.1, -0.05) is 37.8 Å². The van der Waals surface area contributed by atoms with Gasteiger partial charge in [-0.2, -0.15) is 0 Å². The molecule has 0 saturated heterocycles. The summed E-state index contributed by atoms with van der Waals surface area (Å²) in [5.41, 5.74) is 1.25. The molecule has 75 valence electrons. The zero-order valence-electron chi connectivity index (χ0n) is 8.63. The van der Waals surface area contributed by atoms with Crippen molar-refractivity contribution in [3.8, 4) is 0 Å². The van der Waals surface area contributed by atoms with E-state index in [1.54, 1.807) is 0 Å². The van der Waals surface area contributed by atoms with E-state index in [0.717, 1.165) is 0 Å². The molecule has 0 unspecified atom stereocenters.